The second-order valence-corrected chi connectivity index (χ2v) is 6.84. The van der Waals surface area contributed by atoms with Gasteiger partial charge < -0.3 is 10.0 Å². The first-order valence-corrected chi connectivity index (χ1v) is 8.87. The summed E-state index contributed by atoms with van der Waals surface area (Å²) < 4.78 is 0. The van der Waals surface area contributed by atoms with Crippen LogP contribution >= 0.6 is 0 Å². The lowest BCUT2D eigenvalue weighted by molar-refractivity contribution is -0.143. The minimum absolute atomic E-state index is 0.458. The molecule has 1 N–H and O–H groups in total. The van der Waals surface area contributed by atoms with Crippen LogP contribution in [0.1, 0.15) is 16.7 Å². The molecule has 1 heterocycles. The van der Waals surface area contributed by atoms with E-state index in [2.05, 4.69) is 54.0 Å². The van der Waals surface area contributed by atoms with Gasteiger partial charge in [-0.05, 0) is 49.1 Å². The predicted octanol–water partition coefficient (Wildman–Crippen LogP) is 3.12. The van der Waals surface area contributed by atoms with Crippen LogP contribution in [0.5, 0.6) is 0 Å². The van der Waals surface area contributed by atoms with E-state index in [0.29, 0.717) is 6.42 Å². The Morgan fingerprint density at radius 1 is 1.00 bits per heavy atom. The van der Waals surface area contributed by atoms with Gasteiger partial charge in [-0.15, -0.1) is 0 Å². The van der Waals surface area contributed by atoms with E-state index in [1.807, 2.05) is 18.2 Å². The van der Waals surface area contributed by atoms with Gasteiger partial charge in [0.1, 0.15) is 6.04 Å². The highest BCUT2D eigenvalue weighted by molar-refractivity contribution is 5.74. The zero-order valence-corrected chi connectivity index (χ0v) is 15.0. The number of hydrogen-bond acceptors (Lipinski definition) is 3. The normalized spacial score (nSPS) is 16.6. The summed E-state index contributed by atoms with van der Waals surface area (Å²) in [5.41, 5.74) is 4.77. The Balaban J connectivity index is 1.66. The third-order valence-corrected chi connectivity index (χ3v) is 5.16. The Labute approximate surface area is 149 Å². The molecule has 0 aliphatic carbocycles. The molecule has 4 nitrogen and oxygen atoms in total. The molecule has 132 valence electrons. The SMILES string of the molecule is Cc1ccc(C[C@@H](C(=O)O)N2CCN(c3ccccc3)CC2)cc1C. The third-order valence-electron chi connectivity index (χ3n) is 5.16. The summed E-state index contributed by atoms with van der Waals surface area (Å²) in [6.07, 6.45) is 0.557. The van der Waals surface area contributed by atoms with Gasteiger partial charge in [-0.3, -0.25) is 9.69 Å². The number of aryl methyl sites for hydroxylation is 2. The van der Waals surface area contributed by atoms with E-state index in [9.17, 15) is 9.90 Å². The largest absolute Gasteiger partial charge is 0.480 e. The summed E-state index contributed by atoms with van der Waals surface area (Å²) in [6, 6.07) is 16.1. The number of hydrogen-bond donors (Lipinski definition) is 1. The summed E-state index contributed by atoms with van der Waals surface area (Å²) in [5.74, 6) is -0.730. The molecule has 0 spiro atoms. The Bertz CT molecular complexity index is 722. The molecule has 0 aromatic heterocycles. The zero-order valence-electron chi connectivity index (χ0n) is 15.0. The van der Waals surface area contributed by atoms with Crippen LogP contribution in [0.15, 0.2) is 48.5 Å². The first-order valence-electron chi connectivity index (χ1n) is 8.87. The number of aliphatic carboxylic acids is 1. The molecule has 4 heteroatoms. The van der Waals surface area contributed by atoms with E-state index in [1.165, 1.54) is 16.8 Å². The fourth-order valence-electron chi connectivity index (χ4n) is 3.46. The van der Waals surface area contributed by atoms with Crippen LogP contribution in [0, 0.1) is 13.8 Å². The first kappa shape index (κ1) is 17.5. The molecule has 2 aromatic carbocycles. The van der Waals surface area contributed by atoms with E-state index in [0.717, 1.165) is 31.7 Å². The van der Waals surface area contributed by atoms with Gasteiger partial charge in [0, 0.05) is 31.9 Å². The van der Waals surface area contributed by atoms with Crippen LogP contribution in [0.4, 0.5) is 5.69 Å². The molecular formula is C21H26N2O2. The van der Waals surface area contributed by atoms with Crippen molar-refractivity contribution in [1.29, 1.82) is 0 Å². The van der Waals surface area contributed by atoms with Gasteiger partial charge in [0.2, 0.25) is 0 Å². The summed E-state index contributed by atoms with van der Waals surface area (Å²) in [6.45, 7) is 7.43. The molecule has 1 aliphatic heterocycles. The Hall–Kier alpha value is -2.33. The number of nitrogens with zero attached hydrogens (tertiary/aromatic N) is 2. The fourth-order valence-corrected chi connectivity index (χ4v) is 3.46. The average Bonchev–Trinajstić information content (AvgIpc) is 2.63. The van der Waals surface area contributed by atoms with Crippen molar-refractivity contribution in [1.82, 2.24) is 4.90 Å². The van der Waals surface area contributed by atoms with Crippen LogP contribution in [-0.4, -0.2) is 48.2 Å². The van der Waals surface area contributed by atoms with Crippen molar-refractivity contribution in [3.63, 3.8) is 0 Å². The molecule has 0 saturated carbocycles. The van der Waals surface area contributed by atoms with Crippen LogP contribution < -0.4 is 4.90 Å². The molecule has 25 heavy (non-hydrogen) atoms. The second-order valence-electron chi connectivity index (χ2n) is 6.84. The van der Waals surface area contributed by atoms with E-state index in [-0.39, 0.29) is 0 Å². The lowest BCUT2D eigenvalue weighted by Crippen LogP contribution is -2.53. The number of para-hydroxylation sites is 1. The van der Waals surface area contributed by atoms with Crippen molar-refractivity contribution in [2.45, 2.75) is 26.3 Å². The molecule has 3 rings (SSSR count). The number of carbonyl (C=O) groups is 1. The van der Waals surface area contributed by atoms with E-state index < -0.39 is 12.0 Å². The molecular weight excluding hydrogens is 312 g/mol. The topological polar surface area (TPSA) is 43.8 Å². The van der Waals surface area contributed by atoms with Gasteiger partial charge in [0.25, 0.3) is 0 Å². The van der Waals surface area contributed by atoms with Gasteiger partial charge in [0.15, 0.2) is 0 Å². The number of benzene rings is 2. The van der Waals surface area contributed by atoms with E-state index >= 15 is 0 Å². The Morgan fingerprint density at radius 3 is 2.28 bits per heavy atom. The number of carboxylic acid groups (broad SMARTS) is 1. The quantitative estimate of drug-likeness (QED) is 0.910. The number of rotatable bonds is 5. The van der Waals surface area contributed by atoms with E-state index in [1.54, 1.807) is 0 Å². The maximum atomic E-state index is 11.9. The molecule has 0 radical (unpaired) electrons. The van der Waals surface area contributed by atoms with Crippen molar-refractivity contribution in [2.24, 2.45) is 0 Å². The molecule has 0 bridgehead atoms. The Kier molecular flexibility index (Phi) is 5.39. The number of anilines is 1. The first-order chi connectivity index (χ1) is 12.0. The van der Waals surface area contributed by atoms with Crippen molar-refractivity contribution >= 4 is 11.7 Å². The summed E-state index contributed by atoms with van der Waals surface area (Å²) in [7, 11) is 0. The molecule has 1 saturated heterocycles. The minimum Gasteiger partial charge on any atom is -0.480 e. The highest BCUT2D eigenvalue weighted by atomic mass is 16.4. The molecule has 1 fully saturated rings. The summed E-state index contributed by atoms with van der Waals surface area (Å²) >= 11 is 0. The second kappa shape index (κ2) is 7.70. The van der Waals surface area contributed by atoms with Crippen LogP contribution in [-0.2, 0) is 11.2 Å². The van der Waals surface area contributed by atoms with Crippen LogP contribution in [0.25, 0.3) is 0 Å². The van der Waals surface area contributed by atoms with Crippen molar-refractivity contribution in [3.05, 3.63) is 65.2 Å². The number of piperazine rings is 1. The number of carboxylic acids is 1. The third kappa shape index (κ3) is 4.20. The zero-order chi connectivity index (χ0) is 17.8. The molecule has 1 atom stereocenters. The predicted molar refractivity (Wildman–Crippen MR) is 101 cm³/mol. The van der Waals surface area contributed by atoms with Gasteiger partial charge >= 0.3 is 5.97 Å². The molecule has 2 aromatic rings. The lowest BCUT2D eigenvalue weighted by atomic mass is 9.99. The van der Waals surface area contributed by atoms with Gasteiger partial charge in [-0.1, -0.05) is 36.4 Å². The maximum Gasteiger partial charge on any atom is 0.321 e. The molecule has 1 aliphatic rings. The van der Waals surface area contributed by atoms with Crippen LogP contribution in [0.3, 0.4) is 0 Å². The maximum absolute atomic E-state index is 11.9. The van der Waals surface area contributed by atoms with E-state index in [4.69, 9.17) is 0 Å². The summed E-state index contributed by atoms with van der Waals surface area (Å²) in [4.78, 5) is 16.3. The Morgan fingerprint density at radius 2 is 1.68 bits per heavy atom. The van der Waals surface area contributed by atoms with Crippen molar-refractivity contribution in [2.75, 3.05) is 31.1 Å². The average molecular weight is 338 g/mol. The van der Waals surface area contributed by atoms with Crippen molar-refractivity contribution < 1.29 is 9.90 Å². The van der Waals surface area contributed by atoms with Gasteiger partial charge in [0.05, 0.1) is 0 Å². The molecule has 0 unspecified atom stereocenters. The van der Waals surface area contributed by atoms with Gasteiger partial charge in [-0.2, -0.15) is 0 Å². The summed E-state index contributed by atoms with van der Waals surface area (Å²) in [5, 5.41) is 9.74. The standard InChI is InChI=1S/C21H26N2O2/c1-16-8-9-18(14-17(16)2)15-20(21(24)25)23-12-10-22(11-13-23)19-6-4-3-5-7-19/h3-9,14,20H,10-13,15H2,1-2H3,(H,24,25)/t20-/m0/s1. The fraction of sp³-hybridized carbons (Fsp3) is 0.381. The van der Waals surface area contributed by atoms with Crippen molar-refractivity contribution in [3.8, 4) is 0 Å². The smallest absolute Gasteiger partial charge is 0.321 e. The lowest BCUT2D eigenvalue weighted by Gasteiger charge is -2.38. The highest BCUT2D eigenvalue weighted by Crippen LogP contribution is 2.19. The van der Waals surface area contributed by atoms with Gasteiger partial charge in [-0.25, -0.2) is 0 Å². The highest BCUT2D eigenvalue weighted by Gasteiger charge is 2.29. The minimum atomic E-state index is -0.730. The molecule has 0 amide bonds. The van der Waals surface area contributed by atoms with Crippen LogP contribution in [0.2, 0.25) is 0 Å². The monoisotopic (exact) mass is 338 g/mol.